The molecule has 2 aliphatic rings. The van der Waals surface area contributed by atoms with Gasteiger partial charge >= 0.3 is 0 Å². The Kier molecular flexibility index (Phi) is 8.05. The summed E-state index contributed by atoms with van der Waals surface area (Å²) >= 11 is 0. The molecule has 3 unspecified atom stereocenters. The number of ether oxygens (including phenoxy) is 1. The Hall–Kier alpha value is -0.120. The van der Waals surface area contributed by atoms with Crippen LogP contribution in [-0.2, 0) is 4.74 Å². The van der Waals surface area contributed by atoms with E-state index in [0.29, 0.717) is 12.0 Å². The summed E-state index contributed by atoms with van der Waals surface area (Å²) in [5.41, 5.74) is 0. The number of aliphatic hydroxyl groups excluding tert-OH is 1. The van der Waals surface area contributed by atoms with E-state index in [1.165, 1.54) is 64.2 Å². The number of nitrogens with zero attached hydrogens (tertiary/aromatic N) is 1. The summed E-state index contributed by atoms with van der Waals surface area (Å²) < 4.78 is 5.31. The summed E-state index contributed by atoms with van der Waals surface area (Å²) in [5.74, 6) is 0.670. The summed E-state index contributed by atoms with van der Waals surface area (Å²) in [6.07, 6.45) is 14.0. The average molecular weight is 297 g/mol. The zero-order valence-electron chi connectivity index (χ0n) is 13.9. The van der Waals surface area contributed by atoms with Gasteiger partial charge in [0.05, 0.1) is 12.7 Å². The first-order chi connectivity index (χ1) is 10.3. The Balaban J connectivity index is 1.86. The number of hydrogen-bond acceptors (Lipinski definition) is 3. The van der Waals surface area contributed by atoms with E-state index in [4.69, 9.17) is 4.74 Å². The maximum Gasteiger partial charge on any atom is 0.0695 e. The van der Waals surface area contributed by atoms with Crippen LogP contribution < -0.4 is 0 Å². The fourth-order valence-electron chi connectivity index (χ4n) is 4.11. The van der Waals surface area contributed by atoms with Gasteiger partial charge in [0.25, 0.3) is 0 Å². The average Bonchev–Trinajstić information content (AvgIpc) is 2.91. The van der Waals surface area contributed by atoms with Gasteiger partial charge in [-0.2, -0.15) is 0 Å². The highest BCUT2D eigenvalue weighted by Gasteiger charge is 2.31. The Morgan fingerprint density at radius 1 is 0.905 bits per heavy atom. The van der Waals surface area contributed by atoms with Crippen LogP contribution in [0.2, 0.25) is 0 Å². The molecule has 1 aliphatic heterocycles. The molecule has 0 bridgehead atoms. The van der Waals surface area contributed by atoms with Crippen molar-refractivity contribution in [3.63, 3.8) is 0 Å². The van der Waals surface area contributed by atoms with Crippen molar-refractivity contribution in [2.24, 2.45) is 5.92 Å². The third kappa shape index (κ3) is 5.88. The van der Waals surface area contributed by atoms with Crippen LogP contribution in [0.5, 0.6) is 0 Å². The van der Waals surface area contributed by atoms with Crippen LogP contribution >= 0.6 is 0 Å². The van der Waals surface area contributed by atoms with Gasteiger partial charge in [-0.15, -0.1) is 0 Å². The zero-order chi connectivity index (χ0) is 14.9. The van der Waals surface area contributed by atoms with Gasteiger partial charge in [0.2, 0.25) is 0 Å². The van der Waals surface area contributed by atoms with Crippen molar-refractivity contribution in [2.75, 3.05) is 26.8 Å². The van der Waals surface area contributed by atoms with Crippen LogP contribution in [0.3, 0.4) is 0 Å². The molecule has 2 fully saturated rings. The lowest BCUT2D eigenvalue weighted by Gasteiger charge is -2.32. The molecule has 3 heteroatoms. The number of hydrogen-bond donors (Lipinski definition) is 1. The second-order valence-corrected chi connectivity index (χ2v) is 7.15. The number of aliphatic hydroxyl groups is 1. The van der Waals surface area contributed by atoms with Gasteiger partial charge in [0.1, 0.15) is 0 Å². The molecule has 0 aromatic carbocycles. The van der Waals surface area contributed by atoms with Crippen LogP contribution in [0.1, 0.15) is 70.6 Å². The van der Waals surface area contributed by atoms with Gasteiger partial charge in [-0.25, -0.2) is 0 Å². The van der Waals surface area contributed by atoms with Crippen molar-refractivity contribution < 1.29 is 9.84 Å². The number of methoxy groups -OCH3 is 1. The summed E-state index contributed by atoms with van der Waals surface area (Å²) in [5, 5.41) is 10.7. The van der Waals surface area contributed by atoms with Crippen LogP contribution in [0.15, 0.2) is 0 Å². The smallest absolute Gasteiger partial charge is 0.0695 e. The number of likely N-dealkylation sites (tertiary alicyclic amines) is 1. The minimum Gasteiger partial charge on any atom is -0.391 e. The highest BCUT2D eigenvalue weighted by molar-refractivity contribution is 4.85. The van der Waals surface area contributed by atoms with E-state index in [1.807, 2.05) is 0 Å². The first-order valence-corrected chi connectivity index (χ1v) is 9.22. The predicted octanol–water partition coefficient (Wildman–Crippen LogP) is 3.60. The molecule has 2 rings (SSSR count). The van der Waals surface area contributed by atoms with E-state index in [9.17, 15) is 5.11 Å². The van der Waals surface area contributed by atoms with Crippen molar-refractivity contribution >= 4 is 0 Å². The van der Waals surface area contributed by atoms with Crippen molar-refractivity contribution in [3.05, 3.63) is 0 Å². The molecule has 1 saturated heterocycles. The van der Waals surface area contributed by atoms with Gasteiger partial charge in [-0.05, 0) is 31.7 Å². The summed E-state index contributed by atoms with van der Waals surface area (Å²) in [4.78, 5) is 2.56. The quantitative estimate of drug-likeness (QED) is 0.864. The van der Waals surface area contributed by atoms with E-state index in [1.54, 1.807) is 7.11 Å². The first-order valence-electron chi connectivity index (χ1n) is 9.22. The second-order valence-electron chi connectivity index (χ2n) is 7.15. The molecule has 0 amide bonds. The lowest BCUT2D eigenvalue weighted by atomic mass is 9.95. The van der Waals surface area contributed by atoms with E-state index in [0.717, 1.165) is 26.1 Å². The van der Waals surface area contributed by atoms with Crippen LogP contribution in [0, 0.1) is 5.92 Å². The highest BCUT2D eigenvalue weighted by atomic mass is 16.5. The molecular weight excluding hydrogens is 262 g/mol. The van der Waals surface area contributed by atoms with E-state index < -0.39 is 0 Å². The third-order valence-electron chi connectivity index (χ3n) is 5.38. The van der Waals surface area contributed by atoms with Crippen LogP contribution in [-0.4, -0.2) is 49.0 Å². The van der Waals surface area contributed by atoms with Crippen LogP contribution in [0.4, 0.5) is 0 Å². The molecule has 3 nitrogen and oxygen atoms in total. The minimum atomic E-state index is -0.120. The molecule has 0 aromatic rings. The minimum absolute atomic E-state index is 0.120. The van der Waals surface area contributed by atoms with Crippen molar-refractivity contribution in [1.82, 2.24) is 4.90 Å². The summed E-state index contributed by atoms with van der Waals surface area (Å²) in [6, 6.07) is 0.395. The summed E-state index contributed by atoms with van der Waals surface area (Å²) in [6.45, 7) is 3.14. The van der Waals surface area contributed by atoms with Crippen molar-refractivity contribution in [1.29, 1.82) is 0 Å². The fourth-order valence-corrected chi connectivity index (χ4v) is 4.11. The predicted molar refractivity (Wildman–Crippen MR) is 87.5 cm³/mol. The molecule has 1 N–H and O–H groups in total. The maximum absolute atomic E-state index is 10.7. The second kappa shape index (κ2) is 9.81. The normalized spacial score (nSPS) is 34.3. The zero-order valence-corrected chi connectivity index (χ0v) is 13.9. The number of rotatable bonds is 3. The molecule has 3 atom stereocenters. The largest absolute Gasteiger partial charge is 0.391 e. The molecule has 124 valence electrons. The van der Waals surface area contributed by atoms with Crippen molar-refractivity contribution in [3.8, 4) is 0 Å². The molecular formula is C18H35NO2. The van der Waals surface area contributed by atoms with Gasteiger partial charge in [-0.3, -0.25) is 4.90 Å². The van der Waals surface area contributed by atoms with Crippen molar-refractivity contribution in [2.45, 2.75) is 82.8 Å². The highest BCUT2D eigenvalue weighted by Crippen LogP contribution is 2.26. The van der Waals surface area contributed by atoms with Gasteiger partial charge in [0, 0.05) is 19.7 Å². The third-order valence-corrected chi connectivity index (χ3v) is 5.38. The molecule has 1 aliphatic carbocycles. The van der Waals surface area contributed by atoms with E-state index in [-0.39, 0.29) is 6.10 Å². The molecule has 1 saturated carbocycles. The van der Waals surface area contributed by atoms with E-state index in [2.05, 4.69) is 4.90 Å². The summed E-state index contributed by atoms with van der Waals surface area (Å²) in [7, 11) is 1.80. The van der Waals surface area contributed by atoms with E-state index >= 15 is 0 Å². The molecule has 21 heavy (non-hydrogen) atoms. The Bertz CT molecular complexity index is 272. The topological polar surface area (TPSA) is 32.7 Å². The Morgan fingerprint density at radius 3 is 2.19 bits per heavy atom. The van der Waals surface area contributed by atoms with Crippen LogP contribution in [0.25, 0.3) is 0 Å². The van der Waals surface area contributed by atoms with Gasteiger partial charge in [0.15, 0.2) is 0 Å². The lowest BCUT2D eigenvalue weighted by Crippen LogP contribution is -2.42. The standard InChI is InChI=1S/C18H35NO2/c1-21-15-16-12-13-19(14-16)17-10-8-6-4-2-3-5-7-9-11-18(17)20/h16-18,20H,2-15H2,1H3. The maximum atomic E-state index is 10.7. The molecule has 0 spiro atoms. The Morgan fingerprint density at radius 2 is 1.52 bits per heavy atom. The molecule has 1 heterocycles. The monoisotopic (exact) mass is 297 g/mol. The lowest BCUT2D eigenvalue weighted by molar-refractivity contribution is 0.0427. The Labute approximate surface area is 131 Å². The van der Waals surface area contributed by atoms with Gasteiger partial charge in [-0.1, -0.05) is 51.4 Å². The first kappa shape index (κ1) is 17.2. The molecule has 0 aromatic heterocycles. The SMILES string of the molecule is COCC1CCN(C2CCCCCCCCCCC2O)C1. The molecule has 0 radical (unpaired) electrons. The fraction of sp³-hybridized carbons (Fsp3) is 1.00. The van der Waals surface area contributed by atoms with Gasteiger partial charge < -0.3 is 9.84 Å².